The lowest BCUT2D eigenvalue weighted by Gasteiger charge is -2.36. The van der Waals surface area contributed by atoms with Gasteiger partial charge in [0.25, 0.3) is 0 Å². The Balaban J connectivity index is 1.38. The van der Waals surface area contributed by atoms with Crippen molar-refractivity contribution in [3.63, 3.8) is 0 Å². The van der Waals surface area contributed by atoms with Crippen LogP contribution in [-0.2, 0) is 6.54 Å². The summed E-state index contributed by atoms with van der Waals surface area (Å²) in [4.78, 5) is 17.7. The maximum atomic E-state index is 9.86. The highest BCUT2D eigenvalue weighted by molar-refractivity contribution is 5.90. The number of aryl methyl sites for hydroxylation is 2. The largest absolute Gasteiger partial charge is 0.361 e. The molecule has 1 aromatic carbocycles. The first-order valence-corrected chi connectivity index (χ1v) is 13.3. The monoisotopic (exact) mass is 505 g/mol. The normalized spacial score (nSPS) is 14.9. The van der Waals surface area contributed by atoms with Crippen LogP contribution in [-0.4, -0.2) is 57.0 Å². The highest BCUT2D eigenvalue weighted by Gasteiger charge is 2.19. The molecule has 0 spiro atoms. The number of nitrogens with zero attached hydrogens (tertiary/aromatic N) is 5. The van der Waals surface area contributed by atoms with Gasteiger partial charge in [0.2, 0.25) is 0 Å². The van der Waals surface area contributed by atoms with Gasteiger partial charge in [0.15, 0.2) is 0 Å². The standard InChI is InChI=1S/C31H35N7/c1-21(2)38-16-14-37(15-17-38)20-26-7-5-6-25(35-26)8-9-28-23(4)34-19-24(18-32)31(28)36-29-10-11-30-27(22(29)3)12-13-33-30/h5-13,19,21,33H,14-17,20H2,1-4H3,(H,34,36)/b9-8+. The minimum Gasteiger partial charge on any atom is -0.361 e. The summed E-state index contributed by atoms with van der Waals surface area (Å²) >= 11 is 0. The van der Waals surface area contributed by atoms with Crippen LogP contribution in [0.1, 0.15) is 47.6 Å². The molecule has 5 rings (SSSR count). The molecule has 3 aromatic heterocycles. The molecule has 7 nitrogen and oxygen atoms in total. The second-order valence-electron chi connectivity index (χ2n) is 10.3. The number of fused-ring (bicyclic) bond motifs is 1. The number of pyridine rings is 2. The van der Waals surface area contributed by atoms with Gasteiger partial charge in [-0.3, -0.25) is 19.8 Å². The van der Waals surface area contributed by atoms with Crippen molar-refractivity contribution >= 4 is 34.4 Å². The Morgan fingerprint density at radius 1 is 1.08 bits per heavy atom. The Morgan fingerprint density at radius 3 is 2.66 bits per heavy atom. The molecule has 1 fully saturated rings. The highest BCUT2D eigenvalue weighted by atomic mass is 15.3. The molecule has 0 radical (unpaired) electrons. The van der Waals surface area contributed by atoms with Crippen molar-refractivity contribution in [3.05, 3.63) is 82.6 Å². The third-order valence-electron chi connectivity index (χ3n) is 7.47. The van der Waals surface area contributed by atoms with E-state index in [4.69, 9.17) is 4.98 Å². The molecule has 0 amide bonds. The van der Waals surface area contributed by atoms with Crippen molar-refractivity contribution in [1.29, 1.82) is 5.26 Å². The molecule has 38 heavy (non-hydrogen) atoms. The number of aromatic amines is 1. The lowest BCUT2D eigenvalue weighted by Crippen LogP contribution is -2.48. The third kappa shape index (κ3) is 5.47. The van der Waals surface area contributed by atoms with Crippen molar-refractivity contribution in [2.45, 2.75) is 40.3 Å². The molecular weight excluding hydrogens is 470 g/mol. The van der Waals surface area contributed by atoms with Gasteiger partial charge in [0.1, 0.15) is 6.07 Å². The molecular formula is C31H35N7. The molecule has 0 aliphatic carbocycles. The summed E-state index contributed by atoms with van der Waals surface area (Å²) in [6, 6.07) is 15.3. The fraction of sp³-hybridized carbons (Fsp3) is 0.323. The summed E-state index contributed by atoms with van der Waals surface area (Å²) in [6.45, 7) is 13.8. The SMILES string of the molecule is Cc1ncc(C#N)c(Nc2ccc3[nH]ccc3c2C)c1/C=C/c1cccc(CN2CCN(C(C)C)CC2)n1. The van der Waals surface area contributed by atoms with E-state index < -0.39 is 0 Å². The van der Waals surface area contributed by atoms with Gasteiger partial charge in [-0.05, 0) is 75.7 Å². The number of piperazine rings is 1. The van der Waals surface area contributed by atoms with E-state index in [1.807, 2.05) is 37.4 Å². The van der Waals surface area contributed by atoms with Crippen molar-refractivity contribution < 1.29 is 0 Å². The van der Waals surface area contributed by atoms with E-state index in [2.05, 4.69) is 76.2 Å². The molecule has 1 aliphatic rings. The fourth-order valence-corrected chi connectivity index (χ4v) is 5.11. The minimum atomic E-state index is 0.506. The Kier molecular flexibility index (Phi) is 7.54. The van der Waals surface area contributed by atoms with E-state index in [0.717, 1.165) is 83.2 Å². The smallest absolute Gasteiger partial charge is 0.103 e. The van der Waals surface area contributed by atoms with E-state index in [1.165, 1.54) is 0 Å². The third-order valence-corrected chi connectivity index (χ3v) is 7.47. The maximum absolute atomic E-state index is 9.86. The van der Waals surface area contributed by atoms with Crippen LogP contribution >= 0.6 is 0 Å². The van der Waals surface area contributed by atoms with E-state index in [1.54, 1.807) is 6.20 Å². The molecule has 194 valence electrons. The topological polar surface area (TPSA) is 83.9 Å². The number of aromatic nitrogens is 3. The van der Waals surface area contributed by atoms with Crippen LogP contribution in [0.4, 0.5) is 11.4 Å². The number of nitriles is 1. The van der Waals surface area contributed by atoms with Crippen LogP contribution in [0.15, 0.2) is 48.8 Å². The number of hydrogen-bond acceptors (Lipinski definition) is 6. The first-order valence-electron chi connectivity index (χ1n) is 13.3. The zero-order chi connectivity index (χ0) is 26.6. The molecule has 0 saturated carbocycles. The second kappa shape index (κ2) is 11.2. The van der Waals surface area contributed by atoms with Gasteiger partial charge < -0.3 is 10.3 Å². The van der Waals surface area contributed by atoms with Crippen LogP contribution < -0.4 is 5.32 Å². The molecule has 1 saturated heterocycles. The highest BCUT2D eigenvalue weighted by Crippen LogP contribution is 2.32. The summed E-state index contributed by atoms with van der Waals surface area (Å²) in [7, 11) is 0. The van der Waals surface area contributed by atoms with Crippen molar-refractivity contribution in [3.8, 4) is 6.07 Å². The predicted octanol–water partition coefficient (Wildman–Crippen LogP) is 5.89. The first-order chi connectivity index (χ1) is 18.4. The summed E-state index contributed by atoms with van der Waals surface area (Å²) in [5.41, 5.74) is 8.14. The molecule has 7 heteroatoms. The first kappa shape index (κ1) is 25.7. The molecule has 0 atom stereocenters. The Labute approximate surface area is 224 Å². The van der Waals surface area contributed by atoms with Gasteiger partial charge in [0.05, 0.1) is 22.6 Å². The number of hydrogen-bond donors (Lipinski definition) is 2. The average molecular weight is 506 g/mol. The number of nitrogens with one attached hydrogen (secondary N) is 2. The van der Waals surface area contributed by atoms with Gasteiger partial charge in [-0.25, -0.2) is 0 Å². The molecule has 1 aliphatic heterocycles. The molecule has 0 unspecified atom stereocenters. The summed E-state index contributed by atoms with van der Waals surface area (Å²) in [5, 5.41) is 14.6. The van der Waals surface area contributed by atoms with E-state index >= 15 is 0 Å². The predicted molar refractivity (Wildman–Crippen MR) is 155 cm³/mol. The second-order valence-corrected chi connectivity index (χ2v) is 10.3. The Hall–Kier alpha value is -3.99. The van der Waals surface area contributed by atoms with Gasteiger partial charge in [-0.2, -0.15) is 5.26 Å². The van der Waals surface area contributed by atoms with Crippen LogP contribution in [0.3, 0.4) is 0 Å². The lowest BCUT2D eigenvalue weighted by molar-refractivity contribution is 0.103. The number of benzene rings is 1. The van der Waals surface area contributed by atoms with E-state index in [9.17, 15) is 5.26 Å². The van der Waals surface area contributed by atoms with Crippen LogP contribution in [0.25, 0.3) is 23.1 Å². The molecule has 4 aromatic rings. The fourth-order valence-electron chi connectivity index (χ4n) is 5.11. The van der Waals surface area contributed by atoms with Gasteiger partial charge >= 0.3 is 0 Å². The Morgan fingerprint density at radius 2 is 1.89 bits per heavy atom. The minimum absolute atomic E-state index is 0.506. The van der Waals surface area contributed by atoms with Crippen molar-refractivity contribution in [2.75, 3.05) is 31.5 Å². The van der Waals surface area contributed by atoms with Crippen LogP contribution in [0.2, 0.25) is 0 Å². The molecule has 0 bridgehead atoms. The van der Waals surface area contributed by atoms with Crippen molar-refractivity contribution in [2.24, 2.45) is 0 Å². The number of rotatable bonds is 7. The summed E-state index contributed by atoms with van der Waals surface area (Å²) in [6.07, 6.45) is 7.61. The van der Waals surface area contributed by atoms with Crippen molar-refractivity contribution in [1.82, 2.24) is 24.8 Å². The van der Waals surface area contributed by atoms with Gasteiger partial charge in [-0.15, -0.1) is 0 Å². The maximum Gasteiger partial charge on any atom is 0.103 e. The lowest BCUT2D eigenvalue weighted by atomic mass is 10.0. The van der Waals surface area contributed by atoms with Gasteiger partial charge in [0, 0.05) is 79.0 Å². The molecule has 4 heterocycles. The zero-order valence-corrected chi connectivity index (χ0v) is 22.6. The summed E-state index contributed by atoms with van der Waals surface area (Å²) < 4.78 is 0. The molecule has 2 N–H and O–H groups in total. The average Bonchev–Trinajstić information content (AvgIpc) is 3.40. The van der Waals surface area contributed by atoms with Crippen LogP contribution in [0, 0.1) is 25.2 Å². The van der Waals surface area contributed by atoms with E-state index in [-0.39, 0.29) is 0 Å². The van der Waals surface area contributed by atoms with Gasteiger partial charge in [-0.1, -0.05) is 6.07 Å². The summed E-state index contributed by atoms with van der Waals surface area (Å²) in [5.74, 6) is 0. The van der Waals surface area contributed by atoms with E-state index in [0.29, 0.717) is 11.6 Å². The quantitative estimate of drug-likeness (QED) is 0.326. The number of H-pyrrole nitrogens is 1. The van der Waals surface area contributed by atoms with Crippen LogP contribution in [0.5, 0.6) is 0 Å². The Bertz CT molecular complexity index is 1500. The zero-order valence-electron chi connectivity index (χ0n) is 22.6. The number of anilines is 2.